The van der Waals surface area contributed by atoms with Crippen LogP contribution in [-0.4, -0.2) is 11.8 Å². The lowest BCUT2D eigenvalue weighted by Crippen LogP contribution is -2.39. The van der Waals surface area contributed by atoms with Gasteiger partial charge in [0, 0.05) is 4.90 Å². The second-order valence-electron chi connectivity index (χ2n) is 4.00. The number of hydrogen-bond donors (Lipinski definition) is 1. The minimum absolute atomic E-state index is 0.277. The number of rotatable bonds is 4. The van der Waals surface area contributed by atoms with Crippen LogP contribution in [0.3, 0.4) is 0 Å². The van der Waals surface area contributed by atoms with Gasteiger partial charge in [-0.05, 0) is 36.9 Å². The molecule has 0 unspecified atom stereocenters. The van der Waals surface area contributed by atoms with Crippen molar-refractivity contribution in [3.8, 4) is 0 Å². The van der Waals surface area contributed by atoms with Gasteiger partial charge in [-0.2, -0.15) is 0 Å². The van der Waals surface area contributed by atoms with E-state index in [1.807, 2.05) is 30.3 Å². The number of carbonyl (C=O) groups is 1. The first-order chi connectivity index (χ1) is 7.35. The molecule has 1 aliphatic rings. The molecular weight excluding hydrogens is 206 g/mol. The Labute approximate surface area is 94.6 Å². The van der Waals surface area contributed by atoms with Gasteiger partial charge < -0.3 is 4.79 Å². The van der Waals surface area contributed by atoms with Crippen LogP contribution in [0.25, 0.3) is 0 Å². The number of hydrogen-bond acceptors (Lipinski definition) is 3. The quantitative estimate of drug-likeness (QED) is 0.626. The molecule has 0 radical (unpaired) electrons. The minimum Gasteiger partial charge on any atom is -0.301 e. The second-order valence-corrected chi connectivity index (χ2v) is 4.88. The number of aldehydes is 1. The van der Waals surface area contributed by atoms with Gasteiger partial charge in [-0.1, -0.05) is 31.0 Å². The van der Waals surface area contributed by atoms with Crippen molar-refractivity contribution < 1.29 is 4.79 Å². The summed E-state index contributed by atoms with van der Waals surface area (Å²) in [7, 11) is 0. The molecule has 0 saturated heterocycles. The van der Waals surface area contributed by atoms with E-state index in [4.69, 9.17) is 0 Å². The molecule has 1 saturated carbocycles. The Bertz CT molecular complexity index is 320. The highest BCUT2D eigenvalue weighted by Gasteiger charge is 2.33. The smallest absolute Gasteiger partial charge is 0.140 e. The van der Waals surface area contributed by atoms with Crippen molar-refractivity contribution in [3.05, 3.63) is 30.3 Å². The van der Waals surface area contributed by atoms with Gasteiger partial charge in [0.2, 0.25) is 0 Å². The van der Waals surface area contributed by atoms with Crippen molar-refractivity contribution in [1.29, 1.82) is 0 Å². The first-order valence-corrected chi connectivity index (χ1v) is 6.12. The zero-order valence-electron chi connectivity index (χ0n) is 8.61. The highest BCUT2D eigenvalue weighted by molar-refractivity contribution is 7.97. The Morgan fingerprint density at radius 2 is 1.87 bits per heavy atom. The average Bonchev–Trinajstić information content (AvgIpc) is 2.77. The van der Waals surface area contributed by atoms with Crippen LogP contribution in [0.2, 0.25) is 0 Å². The highest BCUT2D eigenvalue weighted by Crippen LogP contribution is 2.31. The van der Waals surface area contributed by atoms with E-state index in [0.29, 0.717) is 0 Å². The van der Waals surface area contributed by atoms with Gasteiger partial charge in [-0.25, -0.2) is 4.72 Å². The Morgan fingerprint density at radius 3 is 2.47 bits per heavy atom. The molecule has 0 spiro atoms. The van der Waals surface area contributed by atoms with E-state index in [-0.39, 0.29) is 5.54 Å². The summed E-state index contributed by atoms with van der Waals surface area (Å²) in [6.45, 7) is 0. The third-order valence-electron chi connectivity index (χ3n) is 2.84. The fraction of sp³-hybridized carbons (Fsp3) is 0.417. The largest absolute Gasteiger partial charge is 0.301 e. The first-order valence-electron chi connectivity index (χ1n) is 5.30. The van der Waals surface area contributed by atoms with Crippen LogP contribution >= 0.6 is 11.9 Å². The van der Waals surface area contributed by atoms with Crippen molar-refractivity contribution in [2.75, 3.05) is 0 Å². The lowest BCUT2D eigenvalue weighted by molar-refractivity contribution is -0.112. The number of carbonyl (C=O) groups excluding carboxylic acids is 1. The van der Waals surface area contributed by atoms with Crippen molar-refractivity contribution >= 4 is 18.2 Å². The zero-order valence-corrected chi connectivity index (χ0v) is 9.43. The van der Waals surface area contributed by atoms with E-state index >= 15 is 0 Å². The lowest BCUT2D eigenvalue weighted by Gasteiger charge is -2.22. The molecule has 2 rings (SSSR count). The molecule has 0 amide bonds. The Morgan fingerprint density at radius 1 is 1.20 bits per heavy atom. The Hall–Kier alpha value is -0.800. The summed E-state index contributed by atoms with van der Waals surface area (Å²) in [5, 5.41) is 0. The molecule has 80 valence electrons. The maximum Gasteiger partial charge on any atom is 0.140 e. The summed E-state index contributed by atoms with van der Waals surface area (Å²) in [6.07, 6.45) is 5.32. The summed E-state index contributed by atoms with van der Waals surface area (Å²) < 4.78 is 3.31. The first kappa shape index (κ1) is 10.7. The molecule has 2 nitrogen and oxygen atoms in total. The van der Waals surface area contributed by atoms with E-state index in [2.05, 4.69) is 4.72 Å². The molecule has 3 heteroatoms. The minimum atomic E-state index is -0.277. The van der Waals surface area contributed by atoms with Crippen molar-refractivity contribution in [1.82, 2.24) is 4.72 Å². The third-order valence-corrected chi connectivity index (χ3v) is 3.85. The summed E-state index contributed by atoms with van der Waals surface area (Å²) >= 11 is 1.56. The Kier molecular flexibility index (Phi) is 3.44. The highest BCUT2D eigenvalue weighted by atomic mass is 32.2. The molecule has 1 N–H and O–H groups in total. The van der Waals surface area contributed by atoms with Gasteiger partial charge in [0.1, 0.15) is 6.29 Å². The summed E-state index contributed by atoms with van der Waals surface area (Å²) in [5.74, 6) is 0. The van der Waals surface area contributed by atoms with Crippen LogP contribution in [0.15, 0.2) is 35.2 Å². The van der Waals surface area contributed by atoms with E-state index in [1.54, 1.807) is 11.9 Å². The molecule has 0 atom stereocenters. The topological polar surface area (TPSA) is 29.1 Å². The molecule has 15 heavy (non-hydrogen) atoms. The van der Waals surface area contributed by atoms with E-state index in [1.165, 1.54) is 0 Å². The fourth-order valence-corrected chi connectivity index (χ4v) is 2.77. The molecule has 0 aliphatic heterocycles. The molecule has 1 fully saturated rings. The van der Waals surface area contributed by atoms with Gasteiger partial charge in [-0.15, -0.1) is 0 Å². The SMILES string of the molecule is O=CC1(NSc2ccccc2)CCCC1. The van der Waals surface area contributed by atoms with Crippen LogP contribution in [0.5, 0.6) is 0 Å². The van der Waals surface area contributed by atoms with Gasteiger partial charge >= 0.3 is 0 Å². The molecule has 0 aromatic heterocycles. The molecule has 1 aliphatic carbocycles. The maximum absolute atomic E-state index is 11.1. The molecule has 1 aromatic rings. The average molecular weight is 221 g/mol. The van der Waals surface area contributed by atoms with Gasteiger partial charge in [0.25, 0.3) is 0 Å². The van der Waals surface area contributed by atoms with Crippen LogP contribution < -0.4 is 4.72 Å². The van der Waals surface area contributed by atoms with E-state index < -0.39 is 0 Å². The predicted octanol–water partition coefficient (Wildman–Crippen LogP) is 2.80. The van der Waals surface area contributed by atoms with E-state index in [9.17, 15) is 4.79 Å². The number of benzene rings is 1. The van der Waals surface area contributed by atoms with Crippen LogP contribution in [0.1, 0.15) is 25.7 Å². The zero-order chi connectivity index (χ0) is 10.6. The van der Waals surface area contributed by atoms with Gasteiger partial charge in [0.15, 0.2) is 0 Å². The van der Waals surface area contributed by atoms with E-state index in [0.717, 1.165) is 36.9 Å². The van der Waals surface area contributed by atoms with Gasteiger partial charge in [-0.3, -0.25) is 0 Å². The molecule has 0 bridgehead atoms. The van der Waals surface area contributed by atoms with Crippen molar-refractivity contribution in [2.45, 2.75) is 36.1 Å². The summed E-state index contributed by atoms with van der Waals surface area (Å²) in [5.41, 5.74) is -0.277. The predicted molar refractivity (Wildman–Crippen MR) is 62.7 cm³/mol. The molecule has 0 heterocycles. The van der Waals surface area contributed by atoms with Crippen molar-refractivity contribution in [3.63, 3.8) is 0 Å². The fourth-order valence-electron chi connectivity index (χ4n) is 1.90. The standard InChI is InChI=1S/C12H15NOS/c14-10-12(8-4-5-9-12)13-15-11-6-2-1-3-7-11/h1-3,6-7,10,13H,4-5,8-9H2. The summed E-state index contributed by atoms with van der Waals surface area (Å²) in [6, 6.07) is 10.1. The summed E-state index contributed by atoms with van der Waals surface area (Å²) in [4.78, 5) is 12.2. The maximum atomic E-state index is 11.1. The van der Waals surface area contributed by atoms with Crippen molar-refractivity contribution in [2.24, 2.45) is 0 Å². The van der Waals surface area contributed by atoms with Crippen LogP contribution in [-0.2, 0) is 4.79 Å². The number of nitrogens with one attached hydrogen (secondary N) is 1. The normalized spacial score (nSPS) is 18.9. The van der Waals surface area contributed by atoms with Crippen LogP contribution in [0.4, 0.5) is 0 Å². The Balaban J connectivity index is 1.94. The van der Waals surface area contributed by atoms with Gasteiger partial charge in [0.05, 0.1) is 5.54 Å². The molecular formula is C12H15NOS. The lowest BCUT2D eigenvalue weighted by atomic mass is 10.0. The third kappa shape index (κ3) is 2.61. The monoisotopic (exact) mass is 221 g/mol. The molecule has 1 aromatic carbocycles. The second kappa shape index (κ2) is 4.81. The van der Waals surface area contributed by atoms with Crippen LogP contribution in [0, 0.1) is 0 Å².